The predicted octanol–water partition coefficient (Wildman–Crippen LogP) is 3.62. The van der Waals surface area contributed by atoms with E-state index in [9.17, 15) is 30.8 Å². The number of sulfonamides is 1. The molecular weight excluding hydrogens is 504 g/mol. The zero-order valence-electron chi connectivity index (χ0n) is 19.0. The number of aromatic nitrogens is 2. The molecular formula is C22H20F4N6O3S. The smallest absolute Gasteiger partial charge is 0.316 e. The first-order valence-corrected chi connectivity index (χ1v) is 12.3. The van der Waals surface area contributed by atoms with Crippen LogP contribution in [0.25, 0.3) is 0 Å². The van der Waals surface area contributed by atoms with Crippen LogP contribution in [0.4, 0.5) is 46.4 Å². The van der Waals surface area contributed by atoms with Crippen molar-refractivity contribution in [3.8, 4) is 0 Å². The summed E-state index contributed by atoms with van der Waals surface area (Å²) in [5.74, 6) is -3.38. The van der Waals surface area contributed by atoms with Gasteiger partial charge in [-0.25, -0.2) is 22.2 Å². The van der Waals surface area contributed by atoms with Gasteiger partial charge in [0.15, 0.2) is 11.6 Å². The third-order valence-corrected chi connectivity index (χ3v) is 6.67. The third kappa shape index (κ3) is 5.03. The number of nitrogens with one attached hydrogen (secondary N) is 2. The molecule has 0 radical (unpaired) electrons. The Kier molecular flexibility index (Phi) is 6.71. The van der Waals surface area contributed by atoms with Crippen LogP contribution in [0.15, 0.2) is 42.6 Å². The highest BCUT2D eigenvalue weighted by atomic mass is 32.2. The average Bonchev–Trinajstić information content (AvgIpc) is 3.19. The first-order valence-electron chi connectivity index (χ1n) is 10.4. The highest BCUT2D eigenvalue weighted by Gasteiger charge is 2.28. The van der Waals surface area contributed by atoms with Crippen molar-refractivity contribution >= 4 is 44.8 Å². The Morgan fingerprint density at radius 1 is 1.14 bits per heavy atom. The number of para-hydroxylation sites is 1. The van der Waals surface area contributed by atoms with Gasteiger partial charge in [0.25, 0.3) is 0 Å². The third-order valence-electron chi connectivity index (χ3n) is 5.49. The SMILES string of the molecule is CN(c1c(F)cccc1CN(c1nc(Nc2cccc3c2CC(=O)N3)ncc1F)C(F)F)S(C)(=O)=O. The van der Waals surface area contributed by atoms with Crippen molar-refractivity contribution in [2.45, 2.75) is 19.5 Å². The summed E-state index contributed by atoms with van der Waals surface area (Å²) in [7, 11) is -2.85. The summed E-state index contributed by atoms with van der Waals surface area (Å²) in [6, 6.07) is 8.42. The molecule has 2 heterocycles. The van der Waals surface area contributed by atoms with E-state index in [2.05, 4.69) is 20.6 Å². The Hall–Kier alpha value is -3.94. The highest BCUT2D eigenvalue weighted by molar-refractivity contribution is 7.92. The monoisotopic (exact) mass is 524 g/mol. The molecule has 2 aromatic carbocycles. The number of carbonyl (C=O) groups is 1. The molecule has 0 fully saturated rings. The standard InChI is InChI=1S/C22H20F4N6O3S/c1-31(36(2,34)35)19-12(5-3-6-14(19)23)11-32(21(25)26)20-15(24)10-27-22(30-20)29-17-8-4-7-16-13(17)9-18(33)28-16/h3-8,10,21H,9,11H2,1-2H3,(H,28,33)(H,27,29,30). The fourth-order valence-corrected chi connectivity index (χ4v) is 4.27. The Morgan fingerprint density at radius 2 is 1.86 bits per heavy atom. The maximum atomic E-state index is 14.7. The molecule has 0 unspecified atom stereocenters. The Bertz CT molecular complexity index is 1440. The number of carbonyl (C=O) groups excluding carboxylic acids is 1. The summed E-state index contributed by atoms with van der Waals surface area (Å²) < 4.78 is 82.0. The van der Waals surface area contributed by atoms with E-state index in [1.54, 1.807) is 18.2 Å². The lowest BCUT2D eigenvalue weighted by Gasteiger charge is -2.27. The molecule has 14 heteroatoms. The first-order chi connectivity index (χ1) is 17.0. The van der Waals surface area contributed by atoms with Gasteiger partial charge in [-0.3, -0.25) is 14.0 Å². The number of halogens is 4. The number of anilines is 5. The zero-order valence-corrected chi connectivity index (χ0v) is 19.8. The van der Waals surface area contributed by atoms with Crippen molar-refractivity contribution in [2.24, 2.45) is 0 Å². The lowest BCUT2D eigenvalue weighted by molar-refractivity contribution is -0.115. The average molecular weight is 525 g/mol. The number of hydrogen-bond donors (Lipinski definition) is 2. The van der Waals surface area contributed by atoms with Crippen molar-refractivity contribution in [1.82, 2.24) is 9.97 Å². The predicted molar refractivity (Wildman–Crippen MR) is 126 cm³/mol. The Balaban J connectivity index is 1.70. The van der Waals surface area contributed by atoms with Crippen molar-refractivity contribution in [2.75, 3.05) is 33.1 Å². The van der Waals surface area contributed by atoms with Gasteiger partial charge in [0, 0.05) is 24.0 Å². The van der Waals surface area contributed by atoms with Crippen molar-refractivity contribution in [3.05, 3.63) is 65.4 Å². The van der Waals surface area contributed by atoms with E-state index in [0.717, 1.165) is 19.4 Å². The van der Waals surface area contributed by atoms with E-state index in [1.165, 1.54) is 12.1 Å². The minimum atomic E-state index is -3.93. The molecule has 1 aliphatic rings. The quantitative estimate of drug-likeness (QED) is 0.342. The van der Waals surface area contributed by atoms with E-state index in [-0.39, 0.29) is 28.7 Å². The van der Waals surface area contributed by atoms with Crippen LogP contribution < -0.4 is 19.8 Å². The molecule has 190 valence electrons. The maximum absolute atomic E-state index is 14.7. The second-order valence-electron chi connectivity index (χ2n) is 7.93. The molecule has 2 N–H and O–H groups in total. The topological polar surface area (TPSA) is 108 Å². The van der Waals surface area contributed by atoms with Crippen LogP contribution in [0, 0.1) is 11.6 Å². The number of hydrogen-bond acceptors (Lipinski definition) is 7. The van der Waals surface area contributed by atoms with E-state index >= 15 is 0 Å². The molecule has 0 bridgehead atoms. The van der Waals surface area contributed by atoms with Gasteiger partial charge in [0.2, 0.25) is 21.9 Å². The van der Waals surface area contributed by atoms with Crippen LogP contribution in [-0.4, -0.2) is 44.1 Å². The molecule has 4 rings (SSSR count). The molecule has 0 saturated carbocycles. The summed E-state index contributed by atoms with van der Waals surface area (Å²) in [4.78, 5) is 19.7. The summed E-state index contributed by atoms with van der Waals surface area (Å²) in [5.41, 5.74) is 1.01. The van der Waals surface area contributed by atoms with E-state index in [4.69, 9.17) is 0 Å². The van der Waals surface area contributed by atoms with E-state index < -0.39 is 46.3 Å². The van der Waals surface area contributed by atoms with Gasteiger partial charge in [0.1, 0.15) is 5.82 Å². The lowest BCUT2D eigenvalue weighted by atomic mass is 10.1. The molecule has 9 nitrogen and oxygen atoms in total. The fraction of sp³-hybridized carbons (Fsp3) is 0.227. The lowest BCUT2D eigenvalue weighted by Crippen LogP contribution is -2.33. The molecule has 1 aromatic heterocycles. The molecule has 1 aliphatic heterocycles. The largest absolute Gasteiger partial charge is 0.325 e. The minimum absolute atomic E-state index is 0.0753. The molecule has 0 aliphatic carbocycles. The minimum Gasteiger partial charge on any atom is -0.325 e. The van der Waals surface area contributed by atoms with Crippen molar-refractivity contribution < 1.29 is 30.8 Å². The molecule has 0 saturated heterocycles. The summed E-state index contributed by atoms with van der Waals surface area (Å²) >= 11 is 0. The van der Waals surface area contributed by atoms with Gasteiger partial charge < -0.3 is 10.6 Å². The van der Waals surface area contributed by atoms with Crippen LogP contribution in [0.3, 0.4) is 0 Å². The van der Waals surface area contributed by atoms with Crippen LogP contribution in [0.1, 0.15) is 11.1 Å². The summed E-state index contributed by atoms with van der Waals surface area (Å²) in [5, 5.41) is 5.48. The molecule has 3 aromatic rings. The van der Waals surface area contributed by atoms with Gasteiger partial charge in [-0.2, -0.15) is 13.8 Å². The van der Waals surface area contributed by atoms with Gasteiger partial charge in [-0.15, -0.1) is 0 Å². The Labute approximate surface area is 203 Å². The van der Waals surface area contributed by atoms with Crippen molar-refractivity contribution in [3.63, 3.8) is 0 Å². The maximum Gasteiger partial charge on any atom is 0.316 e. The molecule has 0 atom stereocenters. The van der Waals surface area contributed by atoms with Crippen LogP contribution in [0.5, 0.6) is 0 Å². The first kappa shape index (κ1) is 25.2. The van der Waals surface area contributed by atoms with Gasteiger partial charge in [-0.1, -0.05) is 18.2 Å². The Morgan fingerprint density at radius 3 is 2.56 bits per heavy atom. The second-order valence-corrected chi connectivity index (χ2v) is 9.94. The number of nitrogens with zero attached hydrogens (tertiary/aromatic N) is 4. The van der Waals surface area contributed by atoms with Gasteiger partial charge in [0.05, 0.1) is 31.1 Å². The zero-order chi connectivity index (χ0) is 26.2. The second kappa shape index (κ2) is 9.60. The van der Waals surface area contributed by atoms with E-state index in [1.807, 2.05) is 0 Å². The number of amides is 1. The molecule has 36 heavy (non-hydrogen) atoms. The van der Waals surface area contributed by atoms with E-state index in [0.29, 0.717) is 27.4 Å². The van der Waals surface area contributed by atoms with Gasteiger partial charge in [-0.05, 0) is 23.8 Å². The number of fused-ring (bicyclic) bond motifs is 1. The number of alkyl halides is 2. The summed E-state index contributed by atoms with van der Waals surface area (Å²) in [6.45, 7) is -4.05. The normalized spacial score (nSPS) is 12.9. The summed E-state index contributed by atoms with van der Waals surface area (Å²) in [6.07, 6.45) is 1.60. The van der Waals surface area contributed by atoms with Crippen molar-refractivity contribution in [1.29, 1.82) is 0 Å². The van der Waals surface area contributed by atoms with Gasteiger partial charge >= 0.3 is 6.55 Å². The molecule has 1 amide bonds. The highest BCUT2D eigenvalue weighted by Crippen LogP contribution is 2.33. The number of rotatable bonds is 8. The van der Waals surface area contributed by atoms with Crippen LogP contribution in [0.2, 0.25) is 0 Å². The van der Waals surface area contributed by atoms with Crippen LogP contribution in [-0.2, 0) is 27.8 Å². The van der Waals surface area contributed by atoms with Crippen LogP contribution >= 0.6 is 0 Å². The number of benzene rings is 2. The fourth-order valence-electron chi connectivity index (χ4n) is 3.73. The molecule has 0 spiro atoms.